The molecule has 0 aromatic heterocycles. The fourth-order valence-electron chi connectivity index (χ4n) is 3.71. The quantitative estimate of drug-likeness (QED) is 0.303. The van der Waals surface area contributed by atoms with Crippen LogP contribution < -0.4 is 15.8 Å². The molecule has 6 heteroatoms. The van der Waals surface area contributed by atoms with Gasteiger partial charge in [0.1, 0.15) is 5.75 Å². The van der Waals surface area contributed by atoms with E-state index in [1.165, 1.54) is 11.1 Å². The molecule has 1 heterocycles. The Balaban J connectivity index is 0.00000320. The van der Waals surface area contributed by atoms with Gasteiger partial charge in [-0.3, -0.25) is 9.89 Å². The largest absolute Gasteiger partial charge is 0.497 e. The zero-order chi connectivity index (χ0) is 20.6. The van der Waals surface area contributed by atoms with Gasteiger partial charge in [-0.15, -0.1) is 24.0 Å². The van der Waals surface area contributed by atoms with E-state index in [-0.39, 0.29) is 24.0 Å². The molecule has 1 saturated heterocycles. The van der Waals surface area contributed by atoms with Gasteiger partial charge in [0.25, 0.3) is 0 Å². The average molecular weight is 522 g/mol. The van der Waals surface area contributed by atoms with Gasteiger partial charge >= 0.3 is 0 Å². The molecule has 5 nitrogen and oxygen atoms in total. The SMILES string of the molecule is COc1ccc(CN2CCC(CN=C(N)Nc3cccc(C(C)C)c3)CC2)cc1.I. The standard InChI is InChI=1S/C24H34N4O.HI/c1-18(2)21-5-4-6-22(15-21)27-24(25)26-16-19-11-13-28(14-12-19)17-20-7-9-23(29-3)10-8-20;/h4-10,15,18-19H,11-14,16-17H2,1-3H3,(H3,25,26,27);1H. The molecule has 30 heavy (non-hydrogen) atoms. The molecule has 0 radical (unpaired) electrons. The number of rotatable bonds is 7. The van der Waals surface area contributed by atoms with Crippen LogP contribution >= 0.6 is 24.0 Å². The number of anilines is 1. The van der Waals surface area contributed by atoms with E-state index in [1.54, 1.807) is 7.11 Å². The van der Waals surface area contributed by atoms with Crippen molar-refractivity contribution in [3.63, 3.8) is 0 Å². The van der Waals surface area contributed by atoms with Crippen LogP contribution in [0.25, 0.3) is 0 Å². The summed E-state index contributed by atoms with van der Waals surface area (Å²) < 4.78 is 5.23. The van der Waals surface area contributed by atoms with Gasteiger partial charge in [-0.25, -0.2) is 0 Å². The molecule has 0 aliphatic carbocycles. The number of nitrogens with two attached hydrogens (primary N) is 1. The lowest BCUT2D eigenvalue weighted by Gasteiger charge is -2.31. The minimum atomic E-state index is 0. The van der Waals surface area contributed by atoms with Gasteiger partial charge in [0.05, 0.1) is 7.11 Å². The number of hydrogen-bond acceptors (Lipinski definition) is 3. The summed E-state index contributed by atoms with van der Waals surface area (Å²) in [7, 11) is 1.70. The maximum absolute atomic E-state index is 6.12. The molecule has 1 fully saturated rings. The van der Waals surface area contributed by atoms with E-state index >= 15 is 0 Å². The van der Waals surface area contributed by atoms with Gasteiger partial charge in [-0.05, 0) is 73.2 Å². The van der Waals surface area contributed by atoms with E-state index in [1.807, 2.05) is 18.2 Å². The first-order valence-electron chi connectivity index (χ1n) is 10.6. The Morgan fingerprint density at radius 2 is 1.87 bits per heavy atom. The van der Waals surface area contributed by atoms with Crippen molar-refractivity contribution in [2.75, 3.05) is 32.1 Å². The molecule has 0 saturated carbocycles. The number of piperidine rings is 1. The number of nitrogens with one attached hydrogen (secondary N) is 1. The van der Waals surface area contributed by atoms with Crippen LogP contribution in [-0.2, 0) is 6.54 Å². The highest BCUT2D eigenvalue weighted by atomic mass is 127. The molecule has 164 valence electrons. The first kappa shape index (κ1) is 24.5. The van der Waals surface area contributed by atoms with Crippen LogP contribution in [0.2, 0.25) is 0 Å². The van der Waals surface area contributed by atoms with Crippen molar-refractivity contribution < 1.29 is 4.74 Å². The van der Waals surface area contributed by atoms with Crippen LogP contribution in [0.1, 0.15) is 43.7 Å². The summed E-state index contributed by atoms with van der Waals surface area (Å²) >= 11 is 0. The molecule has 1 aliphatic rings. The van der Waals surface area contributed by atoms with Crippen LogP contribution in [0.4, 0.5) is 5.69 Å². The Morgan fingerprint density at radius 1 is 1.17 bits per heavy atom. The highest BCUT2D eigenvalue weighted by Crippen LogP contribution is 2.21. The smallest absolute Gasteiger partial charge is 0.193 e. The maximum Gasteiger partial charge on any atom is 0.193 e. The monoisotopic (exact) mass is 522 g/mol. The number of likely N-dealkylation sites (tertiary alicyclic amines) is 1. The van der Waals surface area contributed by atoms with Gasteiger partial charge in [0.2, 0.25) is 0 Å². The first-order valence-corrected chi connectivity index (χ1v) is 10.6. The summed E-state index contributed by atoms with van der Waals surface area (Å²) in [6.45, 7) is 8.38. The van der Waals surface area contributed by atoms with Crippen LogP contribution in [0.15, 0.2) is 53.5 Å². The highest BCUT2D eigenvalue weighted by molar-refractivity contribution is 14.0. The summed E-state index contributed by atoms with van der Waals surface area (Å²) in [6, 6.07) is 16.7. The molecule has 1 aliphatic heterocycles. The van der Waals surface area contributed by atoms with Crippen molar-refractivity contribution in [2.24, 2.45) is 16.6 Å². The minimum Gasteiger partial charge on any atom is -0.497 e. The zero-order valence-electron chi connectivity index (χ0n) is 18.3. The minimum absolute atomic E-state index is 0. The second kappa shape index (κ2) is 12.2. The second-order valence-electron chi connectivity index (χ2n) is 8.20. The molecule has 0 amide bonds. The lowest BCUT2D eigenvalue weighted by atomic mass is 9.96. The van der Waals surface area contributed by atoms with E-state index in [0.717, 1.165) is 50.5 Å². The Morgan fingerprint density at radius 3 is 2.50 bits per heavy atom. The number of guanidine groups is 1. The number of benzene rings is 2. The molecule has 0 atom stereocenters. The number of methoxy groups -OCH3 is 1. The van der Waals surface area contributed by atoms with Gasteiger partial charge < -0.3 is 15.8 Å². The molecule has 0 bridgehead atoms. The molecule has 2 aromatic carbocycles. The predicted octanol–water partition coefficient (Wildman–Crippen LogP) is 5.08. The van der Waals surface area contributed by atoms with E-state index < -0.39 is 0 Å². The lowest BCUT2D eigenvalue weighted by Crippen LogP contribution is -2.34. The Hall–Kier alpha value is -1.80. The van der Waals surface area contributed by atoms with Crippen molar-refractivity contribution in [3.8, 4) is 5.75 Å². The maximum atomic E-state index is 6.12. The topological polar surface area (TPSA) is 62.9 Å². The lowest BCUT2D eigenvalue weighted by molar-refractivity contribution is 0.180. The number of nitrogens with zero attached hydrogens (tertiary/aromatic N) is 2. The van der Waals surface area contributed by atoms with E-state index in [9.17, 15) is 0 Å². The molecule has 3 rings (SSSR count). The molecular weight excluding hydrogens is 487 g/mol. The number of aliphatic imine (C=N–C) groups is 1. The summed E-state index contributed by atoms with van der Waals surface area (Å²) in [4.78, 5) is 7.11. The van der Waals surface area contributed by atoms with E-state index in [0.29, 0.717) is 17.8 Å². The fraction of sp³-hybridized carbons (Fsp3) is 0.458. The third-order valence-electron chi connectivity index (χ3n) is 5.62. The number of hydrogen-bond donors (Lipinski definition) is 2. The molecule has 0 unspecified atom stereocenters. The Labute approximate surface area is 198 Å². The third-order valence-corrected chi connectivity index (χ3v) is 5.62. The van der Waals surface area contributed by atoms with Crippen LogP contribution in [0.5, 0.6) is 5.75 Å². The van der Waals surface area contributed by atoms with Crippen LogP contribution in [0, 0.1) is 5.92 Å². The average Bonchev–Trinajstić information content (AvgIpc) is 2.74. The normalized spacial score (nSPS) is 15.7. The molecule has 3 N–H and O–H groups in total. The number of halogens is 1. The summed E-state index contributed by atoms with van der Waals surface area (Å²) in [5.74, 6) is 2.52. The van der Waals surface area contributed by atoms with E-state index in [2.05, 4.69) is 59.4 Å². The van der Waals surface area contributed by atoms with Gasteiger partial charge in [0, 0.05) is 18.8 Å². The second-order valence-corrected chi connectivity index (χ2v) is 8.20. The first-order chi connectivity index (χ1) is 14.0. The van der Waals surface area contributed by atoms with Crippen molar-refractivity contribution in [1.82, 2.24) is 4.90 Å². The van der Waals surface area contributed by atoms with Crippen molar-refractivity contribution >= 4 is 35.6 Å². The van der Waals surface area contributed by atoms with Crippen molar-refractivity contribution in [1.29, 1.82) is 0 Å². The Bertz CT molecular complexity index is 799. The third kappa shape index (κ3) is 7.47. The number of ether oxygens (including phenoxy) is 1. The zero-order valence-corrected chi connectivity index (χ0v) is 20.6. The summed E-state index contributed by atoms with van der Waals surface area (Å²) in [5.41, 5.74) is 9.76. The predicted molar refractivity (Wildman–Crippen MR) is 137 cm³/mol. The molecule has 0 spiro atoms. The van der Waals surface area contributed by atoms with Crippen molar-refractivity contribution in [2.45, 2.75) is 39.2 Å². The van der Waals surface area contributed by atoms with Crippen molar-refractivity contribution in [3.05, 3.63) is 59.7 Å². The van der Waals surface area contributed by atoms with Gasteiger partial charge in [-0.2, -0.15) is 0 Å². The fourth-order valence-corrected chi connectivity index (χ4v) is 3.71. The van der Waals surface area contributed by atoms with Crippen LogP contribution in [0.3, 0.4) is 0 Å². The highest BCUT2D eigenvalue weighted by Gasteiger charge is 2.19. The van der Waals surface area contributed by atoms with Gasteiger partial charge in [-0.1, -0.05) is 38.1 Å². The van der Waals surface area contributed by atoms with E-state index in [4.69, 9.17) is 10.5 Å². The summed E-state index contributed by atoms with van der Waals surface area (Å²) in [5, 5.41) is 3.23. The van der Waals surface area contributed by atoms with Gasteiger partial charge in [0.15, 0.2) is 5.96 Å². The van der Waals surface area contributed by atoms with Crippen LogP contribution in [-0.4, -0.2) is 37.6 Å². The molecule has 2 aromatic rings. The Kier molecular flexibility index (Phi) is 9.91. The molecular formula is C24H35IN4O. The summed E-state index contributed by atoms with van der Waals surface area (Å²) in [6.07, 6.45) is 2.32.